The summed E-state index contributed by atoms with van der Waals surface area (Å²) < 4.78 is 4.86. The summed E-state index contributed by atoms with van der Waals surface area (Å²) in [6, 6.07) is 5.79. The molecule has 2 N–H and O–H groups in total. The summed E-state index contributed by atoms with van der Waals surface area (Å²) in [6.07, 6.45) is 1.40. The minimum atomic E-state index is -0.364. The van der Waals surface area contributed by atoms with Gasteiger partial charge in [-0.25, -0.2) is 4.79 Å². The van der Waals surface area contributed by atoms with Crippen molar-refractivity contribution in [1.82, 2.24) is 15.5 Å². The van der Waals surface area contributed by atoms with E-state index in [1.807, 2.05) is 18.2 Å². The van der Waals surface area contributed by atoms with Crippen LogP contribution in [-0.4, -0.2) is 22.9 Å². The van der Waals surface area contributed by atoms with Gasteiger partial charge in [0.1, 0.15) is 6.61 Å². The van der Waals surface area contributed by atoms with Gasteiger partial charge in [-0.1, -0.05) is 18.2 Å². The normalized spacial score (nSPS) is 20.3. The fourth-order valence-electron chi connectivity index (χ4n) is 1.83. The number of para-hydroxylation sites is 1. The predicted molar refractivity (Wildman–Crippen MR) is 53.3 cm³/mol. The molecule has 0 radical (unpaired) electrons. The summed E-state index contributed by atoms with van der Waals surface area (Å²) in [5.41, 5.74) is 1.96. The molecule has 5 nitrogen and oxygen atoms in total. The maximum Gasteiger partial charge on any atom is 0.407 e. The summed E-state index contributed by atoms with van der Waals surface area (Å²) in [5.74, 6) is 0. The van der Waals surface area contributed by atoms with Gasteiger partial charge in [0, 0.05) is 10.9 Å². The zero-order chi connectivity index (χ0) is 10.3. The SMILES string of the molecule is O=C1NC(c2cccc3cn[nH]c23)CO1. The molecule has 15 heavy (non-hydrogen) atoms. The van der Waals surface area contributed by atoms with E-state index in [0.29, 0.717) is 6.61 Å². The number of carbonyl (C=O) groups is 1. The quantitative estimate of drug-likeness (QED) is 0.735. The Morgan fingerprint density at radius 2 is 2.40 bits per heavy atom. The number of nitrogens with zero attached hydrogens (tertiary/aromatic N) is 1. The number of rotatable bonds is 1. The van der Waals surface area contributed by atoms with E-state index in [9.17, 15) is 4.79 Å². The van der Waals surface area contributed by atoms with Gasteiger partial charge in [-0.3, -0.25) is 5.10 Å². The molecule has 2 heterocycles. The first-order valence-corrected chi connectivity index (χ1v) is 4.70. The van der Waals surface area contributed by atoms with Crippen molar-refractivity contribution in [3.05, 3.63) is 30.0 Å². The molecule has 5 heteroatoms. The van der Waals surface area contributed by atoms with Crippen LogP contribution in [0.3, 0.4) is 0 Å². The summed E-state index contributed by atoms with van der Waals surface area (Å²) in [4.78, 5) is 10.9. The van der Waals surface area contributed by atoms with Crippen molar-refractivity contribution >= 4 is 17.0 Å². The third-order valence-corrected chi connectivity index (χ3v) is 2.56. The Hall–Kier alpha value is -2.04. The second-order valence-corrected chi connectivity index (χ2v) is 3.48. The van der Waals surface area contributed by atoms with E-state index in [0.717, 1.165) is 16.5 Å². The van der Waals surface area contributed by atoms with Gasteiger partial charge >= 0.3 is 6.09 Å². The Bertz CT molecular complexity index is 520. The largest absolute Gasteiger partial charge is 0.447 e. The minimum Gasteiger partial charge on any atom is -0.447 e. The van der Waals surface area contributed by atoms with Crippen LogP contribution in [0.25, 0.3) is 10.9 Å². The van der Waals surface area contributed by atoms with Crippen molar-refractivity contribution in [2.75, 3.05) is 6.61 Å². The molecule has 1 unspecified atom stereocenters. The fourth-order valence-corrected chi connectivity index (χ4v) is 1.83. The zero-order valence-corrected chi connectivity index (χ0v) is 7.86. The van der Waals surface area contributed by atoms with Gasteiger partial charge in [-0.15, -0.1) is 0 Å². The van der Waals surface area contributed by atoms with Gasteiger partial charge in [0.15, 0.2) is 0 Å². The van der Waals surface area contributed by atoms with Crippen molar-refractivity contribution in [3.63, 3.8) is 0 Å². The molecule has 1 saturated heterocycles. The lowest BCUT2D eigenvalue weighted by molar-refractivity contribution is 0.177. The maximum atomic E-state index is 10.9. The molecule has 1 fully saturated rings. The van der Waals surface area contributed by atoms with Crippen LogP contribution in [0.2, 0.25) is 0 Å². The highest BCUT2D eigenvalue weighted by molar-refractivity contribution is 5.82. The Balaban J connectivity index is 2.10. The van der Waals surface area contributed by atoms with Crippen LogP contribution in [0.4, 0.5) is 4.79 Å². The third kappa shape index (κ3) is 1.24. The van der Waals surface area contributed by atoms with Crippen LogP contribution < -0.4 is 5.32 Å². The van der Waals surface area contributed by atoms with Gasteiger partial charge in [-0.05, 0) is 0 Å². The van der Waals surface area contributed by atoms with Gasteiger partial charge in [0.05, 0.1) is 17.8 Å². The van der Waals surface area contributed by atoms with Crippen LogP contribution in [-0.2, 0) is 4.74 Å². The van der Waals surface area contributed by atoms with Crippen molar-refractivity contribution in [2.45, 2.75) is 6.04 Å². The Morgan fingerprint density at radius 1 is 1.47 bits per heavy atom. The van der Waals surface area contributed by atoms with E-state index in [1.54, 1.807) is 6.20 Å². The van der Waals surface area contributed by atoms with E-state index in [1.165, 1.54) is 0 Å². The first-order chi connectivity index (χ1) is 7.34. The van der Waals surface area contributed by atoms with Crippen molar-refractivity contribution in [1.29, 1.82) is 0 Å². The molecule has 1 aliphatic heterocycles. The molecule has 0 bridgehead atoms. The second-order valence-electron chi connectivity index (χ2n) is 3.48. The number of alkyl carbamates (subject to hydrolysis) is 1. The molecule has 1 aromatic carbocycles. The summed E-state index contributed by atoms with van der Waals surface area (Å²) in [6.45, 7) is 0.372. The van der Waals surface area contributed by atoms with Gasteiger partial charge in [0.2, 0.25) is 0 Å². The first-order valence-electron chi connectivity index (χ1n) is 4.70. The Morgan fingerprint density at radius 3 is 3.20 bits per heavy atom. The number of hydrogen-bond donors (Lipinski definition) is 2. The van der Waals surface area contributed by atoms with Gasteiger partial charge in [-0.2, -0.15) is 5.10 Å². The molecule has 1 aromatic heterocycles. The number of aromatic amines is 1. The summed E-state index contributed by atoms with van der Waals surface area (Å²) in [5, 5.41) is 10.7. The second kappa shape index (κ2) is 2.98. The average Bonchev–Trinajstić information content (AvgIpc) is 2.84. The number of fused-ring (bicyclic) bond motifs is 1. The van der Waals surface area contributed by atoms with E-state index >= 15 is 0 Å². The van der Waals surface area contributed by atoms with Crippen LogP contribution in [0.5, 0.6) is 0 Å². The molecule has 1 aliphatic rings. The number of ether oxygens (including phenoxy) is 1. The van der Waals surface area contributed by atoms with Crippen LogP contribution >= 0.6 is 0 Å². The minimum absolute atomic E-state index is 0.0818. The van der Waals surface area contributed by atoms with Crippen LogP contribution in [0.1, 0.15) is 11.6 Å². The number of amides is 1. The fraction of sp³-hybridized carbons (Fsp3) is 0.200. The monoisotopic (exact) mass is 203 g/mol. The lowest BCUT2D eigenvalue weighted by Crippen LogP contribution is -2.18. The number of cyclic esters (lactones) is 1. The lowest BCUT2D eigenvalue weighted by Gasteiger charge is -2.07. The lowest BCUT2D eigenvalue weighted by atomic mass is 10.1. The number of benzene rings is 1. The number of hydrogen-bond acceptors (Lipinski definition) is 3. The predicted octanol–water partition coefficient (Wildman–Crippen LogP) is 1.34. The molecular formula is C10H9N3O2. The van der Waals surface area contributed by atoms with E-state index in [-0.39, 0.29) is 12.1 Å². The summed E-state index contributed by atoms with van der Waals surface area (Å²) >= 11 is 0. The van der Waals surface area contributed by atoms with E-state index < -0.39 is 0 Å². The molecule has 76 valence electrons. The molecular weight excluding hydrogens is 194 g/mol. The van der Waals surface area contributed by atoms with E-state index in [4.69, 9.17) is 4.74 Å². The zero-order valence-electron chi connectivity index (χ0n) is 7.86. The molecule has 1 amide bonds. The highest BCUT2D eigenvalue weighted by Gasteiger charge is 2.25. The number of aromatic nitrogens is 2. The van der Waals surface area contributed by atoms with E-state index in [2.05, 4.69) is 15.5 Å². The van der Waals surface area contributed by atoms with Crippen molar-refractivity contribution < 1.29 is 9.53 Å². The highest BCUT2D eigenvalue weighted by Crippen LogP contribution is 2.24. The molecule has 0 saturated carbocycles. The van der Waals surface area contributed by atoms with Gasteiger partial charge in [0.25, 0.3) is 0 Å². The van der Waals surface area contributed by atoms with Crippen LogP contribution in [0.15, 0.2) is 24.4 Å². The Labute approximate surface area is 85.4 Å². The third-order valence-electron chi connectivity index (χ3n) is 2.56. The number of nitrogens with one attached hydrogen (secondary N) is 2. The first kappa shape index (κ1) is 8.28. The van der Waals surface area contributed by atoms with Crippen molar-refractivity contribution in [2.24, 2.45) is 0 Å². The number of H-pyrrole nitrogens is 1. The van der Waals surface area contributed by atoms with Crippen molar-refractivity contribution in [3.8, 4) is 0 Å². The molecule has 2 aromatic rings. The number of carbonyl (C=O) groups excluding carboxylic acids is 1. The smallest absolute Gasteiger partial charge is 0.407 e. The summed E-state index contributed by atoms with van der Waals surface area (Å²) in [7, 11) is 0. The Kier molecular flexibility index (Phi) is 1.65. The maximum absolute atomic E-state index is 10.9. The standard InChI is InChI=1S/C10H9N3O2/c14-10-12-8(5-15-10)7-3-1-2-6-4-11-13-9(6)7/h1-4,8H,5H2,(H,11,13)(H,12,14). The molecule has 0 spiro atoms. The topological polar surface area (TPSA) is 67.0 Å². The highest BCUT2D eigenvalue weighted by atomic mass is 16.6. The average molecular weight is 203 g/mol. The molecule has 1 atom stereocenters. The molecule has 0 aliphatic carbocycles. The van der Waals surface area contributed by atoms with Crippen LogP contribution in [0, 0.1) is 0 Å². The van der Waals surface area contributed by atoms with Gasteiger partial charge < -0.3 is 10.1 Å². The molecule has 3 rings (SSSR count).